The molecule has 1 aliphatic carbocycles. The van der Waals surface area contributed by atoms with Gasteiger partial charge >= 0.3 is 0 Å². The molecule has 0 aromatic rings. The van der Waals surface area contributed by atoms with E-state index >= 15 is 0 Å². The van der Waals surface area contributed by atoms with E-state index in [-0.39, 0.29) is 0 Å². The van der Waals surface area contributed by atoms with E-state index in [0.29, 0.717) is 0 Å². The van der Waals surface area contributed by atoms with Crippen LogP contribution in [0.4, 0.5) is 0 Å². The Hall–Kier alpha value is -0.0800. The van der Waals surface area contributed by atoms with Gasteiger partial charge in [0.15, 0.2) is 0 Å². The van der Waals surface area contributed by atoms with Crippen LogP contribution >= 0.6 is 0 Å². The highest BCUT2D eigenvalue weighted by molar-refractivity contribution is 4.84. The van der Waals surface area contributed by atoms with E-state index in [1.807, 2.05) is 0 Å². The molecule has 2 fully saturated rings. The molecule has 0 radical (unpaired) electrons. The molecular formula is C16H32N2. The van der Waals surface area contributed by atoms with Crippen molar-refractivity contribution < 1.29 is 0 Å². The molecule has 1 saturated carbocycles. The Balaban J connectivity index is 1.81. The van der Waals surface area contributed by atoms with Gasteiger partial charge in [0.2, 0.25) is 0 Å². The molecule has 106 valence electrons. The van der Waals surface area contributed by atoms with Crippen LogP contribution in [0.25, 0.3) is 0 Å². The lowest BCUT2D eigenvalue weighted by Crippen LogP contribution is -2.44. The van der Waals surface area contributed by atoms with Crippen molar-refractivity contribution in [2.24, 2.45) is 5.92 Å². The molecular weight excluding hydrogens is 220 g/mol. The van der Waals surface area contributed by atoms with Gasteiger partial charge in [-0.25, -0.2) is 0 Å². The van der Waals surface area contributed by atoms with Gasteiger partial charge in [0, 0.05) is 12.1 Å². The first-order valence-electron chi connectivity index (χ1n) is 8.24. The van der Waals surface area contributed by atoms with Gasteiger partial charge < -0.3 is 10.2 Å². The van der Waals surface area contributed by atoms with E-state index in [4.69, 9.17) is 0 Å². The second-order valence-corrected chi connectivity index (χ2v) is 6.43. The maximum atomic E-state index is 3.49. The zero-order chi connectivity index (χ0) is 12.8. The van der Waals surface area contributed by atoms with Crippen LogP contribution in [0.2, 0.25) is 0 Å². The first-order valence-corrected chi connectivity index (χ1v) is 8.24. The minimum Gasteiger partial charge on any atom is -0.317 e. The van der Waals surface area contributed by atoms with Gasteiger partial charge in [0.05, 0.1) is 0 Å². The Morgan fingerprint density at radius 3 is 2.72 bits per heavy atom. The maximum Gasteiger partial charge on any atom is 0.0110 e. The average Bonchev–Trinajstić information content (AvgIpc) is 2.65. The molecule has 2 heteroatoms. The Morgan fingerprint density at radius 1 is 1.06 bits per heavy atom. The third-order valence-electron chi connectivity index (χ3n) is 5.15. The van der Waals surface area contributed by atoms with Gasteiger partial charge in [-0.2, -0.15) is 0 Å². The van der Waals surface area contributed by atoms with E-state index in [0.717, 1.165) is 18.0 Å². The smallest absolute Gasteiger partial charge is 0.0110 e. The monoisotopic (exact) mass is 252 g/mol. The van der Waals surface area contributed by atoms with Crippen LogP contribution in [-0.4, -0.2) is 37.1 Å². The summed E-state index contributed by atoms with van der Waals surface area (Å²) in [5.41, 5.74) is 0. The predicted octanol–water partition coefficient (Wildman–Crippen LogP) is 3.42. The summed E-state index contributed by atoms with van der Waals surface area (Å²) < 4.78 is 0. The summed E-state index contributed by atoms with van der Waals surface area (Å²) in [6, 6.07) is 1.65. The molecule has 2 nitrogen and oxygen atoms in total. The van der Waals surface area contributed by atoms with E-state index in [2.05, 4.69) is 24.2 Å². The molecule has 2 rings (SSSR count). The third-order valence-corrected chi connectivity index (χ3v) is 5.15. The second kappa shape index (κ2) is 7.49. The summed E-state index contributed by atoms with van der Waals surface area (Å²) >= 11 is 0. The van der Waals surface area contributed by atoms with E-state index < -0.39 is 0 Å². The molecule has 0 aromatic heterocycles. The highest BCUT2D eigenvalue weighted by Gasteiger charge is 2.27. The number of hydrogen-bond donors (Lipinski definition) is 1. The molecule has 3 unspecified atom stereocenters. The Kier molecular flexibility index (Phi) is 5.97. The summed E-state index contributed by atoms with van der Waals surface area (Å²) in [5, 5.41) is 3.49. The lowest BCUT2D eigenvalue weighted by molar-refractivity contribution is 0.144. The molecule has 0 aromatic carbocycles. The minimum absolute atomic E-state index is 0.776. The normalized spacial score (nSPS) is 35.3. The Bertz CT molecular complexity index is 229. The molecule has 1 aliphatic heterocycles. The van der Waals surface area contributed by atoms with Gasteiger partial charge in [0.1, 0.15) is 0 Å². The SMILES string of the molecule is CCCC1CCCN(C2CCCC(NC)C2)CC1. The van der Waals surface area contributed by atoms with Crippen molar-refractivity contribution in [1.29, 1.82) is 0 Å². The molecule has 0 spiro atoms. The fourth-order valence-electron chi connectivity index (χ4n) is 4.01. The fraction of sp³-hybridized carbons (Fsp3) is 1.00. The van der Waals surface area contributed by atoms with Crippen LogP contribution in [0.5, 0.6) is 0 Å². The van der Waals surface area contributed by atoms with Gasteiger partial charge in [-0.1, -0.05) is 26.2 Å². The maximum absolute atomic E-state index is 3.49. The van der Waals surface area contributed by atoms with E-state index in [1.54, 1.807) is 0 Å². The number of rotatable bonds is 4. The largest absolute Gasteiger partial charge is 0.317 e. The molecule has 1 saturated heterocycles. The van der Waals surface area contributed by atoms with Crippen molar-refractivity contribution in [1.82, 2.24) is 10.2 Å². The molecule has 0 bridgehead atoms. The van der Waals surface area contributed by atoms with Gasteiger partial charge in [-0.05, 0) is 64.6 Å². The molecule has 1 N–H and O–H groups in total. The lowest BCUT2D eigenvalue weighted by Gasteiger charge is -2.37. The number of nitrogens with zero attached hydrogens (tertiary/aromatic N) is 1. The average molecular weight is 252 g/mol. The fourth-order valence-corrected chi connectivity index (χ4v) is 4.01. The van der Waals surface area contributed by atoms with Crippen molar-refractivity contribution in [2.45, 2.75) is 76.8 Å². The van der Waals surface area contributed by atoms with Crippen molar-refractivity contribution in [3.63, 3.8) is 0 Å². The lowest BCUT2D eigenvalue weighted by atomic mass is 9.90. The van der Waals surface area contributed by atoms with Crippen molar-refractivity contribution >= 4 is 0 Å². The standard InChI is InChI=1S/C16H32N2/c1-3-6-14-7-5-11-18(12-10-14)16-9-4-8-15(13-16)17-2/h14-17H,3-13H2,1-2H3. The Labute approximate surface area is 114 Å². The molecule has 2 aliphatic rings. The summed E-state index contributed by atoms with van der Waals surface area (Å²) in [7, 11) is 2.13. The summed E-state index contributed by atoms with van der Waals surface area (Å²) in [6.07, 6.45) is 12.8. The van der Waals surface area contributed by atoms with Crippen molar-refractivity contribution in [3.05, 3.63) is 0 Å². The highest BCUT2D eigenvalue weighted by atomic mass is 15.2. The van der Waals surface area contributed by atoms with Crippen LogP contribution in [0.15, 0.2) is 0 Å². The highest BCUT2D eigenvalue weighted by Crippen LogP contribution is 2.28. The van der Waals surface area contributed by atoms with Crippen LogP contribution < -0.4 is 5.32 Å². The minimum atomic E-state index is 0.776. The first-order chi connectivity index (χ1) is 8.83. The summed E-state index contributed by atoms with van der Waals surface area (Å²) in [6.45, 7) is 5.06. The summed E-state index contributed by atoms with van der Waals surface area (Å²) in [4.78, 5) is 2.82. The second-order valence-electron chi connectivity index (χ2n) is 6.43. The topological polar surface area (TPSA) is 15.3 Å². The van der Waals surface area contributed by atoms with Crippen molar-refractivity contribution in [3.8, 4) is 0 Å². The van der Waals surface area contributed by atoms with E-state index in [9.17, 15) is 0 Å². The first kappa shape index (κ1) is 14.3. The van der Waals surface area contributed by atoms with Crippen LogP contribution in [0.3, 0.4) is 0 Å². The zero-order valence-corrected chi connectivity index (χ0v) is 12.5. The quantitative estimate of drug-likeness (QED) is 0.825. The molecule has 3 atom stereocenters. The van der Waals surface area contributed by atoms with E-state index in [1.165, 1.54) is 70.9 Å². The molecule has 1 heterocycles. The molecule has 18 heavy (non-hydrogen) atoms. The summed E-state index contributed by atoms with van der Waals surface area (Å²) in [5.74, 6) is 1.02. The number of hydrogen-bond acceptors (Lipinski definition) is 2. The van der Waals surface area contributed by atoms with Crippen LogP contribution in [0.1, 0.15) is 64.7 Å². The van der Waals surface area contributed by atoms with Gasteiger partial charge in [-0.3, -0.25) is 0 Å². The van der Waals surface area contributed by atoms with Gasteiger partial charge in [0.25, 0.3) is 0 Å². The Morgan fingerprint density at radius 2 is 1.94 bits per heavy atom. The zero-order valence-electron chi connectivity index (χ0n) is 12.5. The van der Waals surface area contributed by atoms with Gasteiger partial charge in [-0.15, -0.1) is 0 Å². The van der Waals surface area contributed by atoms with Crippen LogP contribution in [-0.2, 0) is 0 Å². The number of likely N-dealkylation sites (tertiary alicyclic amines) is 1. The molecule has 0 amide bonds. The number of nitrogens with one attached hydrogen (secondary N) is 1. The third kappa shape index (κ3) is 3.96. The predicted molar refractivity (Wildman–Crippen MR) is 78.9 cm³/mol. The van der Waals surface area contributed by atoms with Crippen LogP contribution in [0, 0.1) is 5.92 Å². The van der Waals surface area contributed by atoms with Crippen molar-refractivity contribution in [2.75, 3.05) is 20.1 Å².